The third-order valence-electron chi connectivity index (χ3n) is 4.05. The minimum atomic E-state index is -0.643. The standard InChI is InChI=1S/C20H13BrClN5O2S2/c21-13-5-7-14(8-6-13)27-10-9-16(28)17(26-27)18(29)23-19-24-25-20(31-19)30-11-12-3-1-2-4-15(12)22/h1-10H,11H2,(H,23,24,29). The maximum absolute atomic E-state index is 12.6. The van der Waals surface area contributed by atoms with Crippen molar-refractivity contribution in [1.29, 1.82) is 0 Å². The van der Waals surface area contributed by atoms with Crippen LogP contribution in [0.2, 0.25) is 5.02 Å². The maximum Gasteiger partial charge on any atom is 0.282 e. The summed E-state index contributed by atoms with van der Waals surface area (Å²) in [4.78, 5) is 24.8. The normalized spacial score (nSPS) is 10.8. The van der Waals surface area contributed by atoms with Crippen LogP contribution in [0, 0.1) is 0 Å². The number of benzene rings is 2. The second-order valence-electron chi connectivity index (χ2n) is 6.16. The molecule has 156 valence electrons. The lowest BCUT2D eigenvalue weighted by Gasteiger charge is -2.07. The fraction of sp³-hybridized carbons (Fsp3) is 0.0500. The van der Waals surface area contributed by atoms with Gasteiger partial charge in [-0.05, 0) is 35.9 Å². The van der Waals surface area contributed by atoms with E-state index in [1.165, 1.54) is 40.0 Å². The van der Waals surface area contributed by atoms with E-state index in [9.17, 15) is 9.59 Å². The third kappa shape index (κ3) is 5.40. The van der Waals surface area contributed by atoms with Crippen molar-refractivity contribution in [2.24, 2.45) is 0 Å². The highest BCUT2D eigenvalue weighted by Crippen LogP contribution is 2.30. The molecule has 4 aromatic rings. The van der Waals surface area contributed by atoms with Gasteiger partial charge in [0.25, 0.3) is 5.91 Å². The van der Waals surface area contributed by atoms with Crippen molar-refractivity contribution in [1.82, 2.24) is 20.0 Å². The highest BCUT2D eigenvalue weighted by molar-refractivity contribution is 9.10. The Morgan fingerprint density at radius 3 is 2.68 bits per heavy atom. The van der Waals surface area contributed by atoms with E-state index in [0.29, 0.717) is 20.8 Å². The van der Waals surface area contributed by atoms with Gasteiger partial charge in [0.05, 0.1) is 5.69 Å². The Balaban J connectivity index is 1.46. The molecule has 2 aromatic heterocycles. The summed E-state index contributed by atoms with van der Waals surface area (Å²) in [7, 11) is 0. The van der Waals surface area contributed by atoms with Crippen LogP contribution in [0.15, 0.2) is 74.4 Å². The van der Waals surface area contributed by atoms with Gasteiger partial charge in [0.1, 0.15) is 0 Å². The van der Waals surface area contributed by atoms with Crippen LogP contribution in [-0.4, -0.2) is 25.9 Å². The fourth-order valence-corrected chi connectivity index (χ4v) is 4.83. The largest absolute Gasteiger partial charge is 0.295 e. The molecule has 4 rings (SSSR count). The first-order valence-corrected chi connectivity index (χ1v) is 11.8. The van der Waals surface area contributed by atoms with Crippen LogP contribution in [-0.2, 0) is 5.75 Å². The number of carbonyl (C=O) groups is 1. The third-order valence-corrected chi connectivity index (χ3v) is 6.97. The number of nitrogens with zero attached hydrogens (tertiary/aromatic N) is 4. The molecule has 0 aliphatic carbocycles. The number of hydrogen-bond donors (Lipinski definition) is 1. The summed E-state index contributed by atoms with van der Waals surface area (Å²) in [6, 6.07) is 16.2. The van der Waals surface area contributed by atoms with E-state index in [2.05, 4.69) is 36.5 Å². The minimum absolute atomic E-state index is 0.231. The van der Waals surface area contributed by atoms with Gasteiger partial charge in [-0.3, -0.25) is 14.9 Å². The molecule has 1 N–H and O–H groups in total. The predicted octanol–water partition coefficient (Wildman–Crippen LogP) is 5.04. The lowest BCUT2D eigenvalue weighted by atomic mass is 10.2. The zero-order chi connectivity index (χ0) is 21.8. The molecule has 0 saturated carbocycles. The Morgan fingerprint density at radius 1 is 1.13 bits per heavy atom. The topological polar surface area (TPSA) is 89.8 Å². The quantitative estimate of drug-likeness (QED) is 0.275. The van der Waals surface area contributed by atoms with E-state index >= 15 is 0 Å². The molecule has 0 radical (unpaired) electrons. The van der Waals surface area contributed by atoms with Gasteiger partial charge in [0, 0.05) is 27.5 Å². The number of nitrogens with one attached hydrogen (secondary N) is 1. The van der Waals surface area contributed by atoms with Crippen LogP contribution < -0.4 is 10.7 Å². The molecule has 1 amide bonds. The molecule has 0 aliphatic heterocycles. The van der Waals surface area contributed by atoms with E-state index in [0.717, 1.165) is 10.0 Å². The van der Waals surface area contributed by atoms with E-state index in [-0.39, 0.29) is 10.8 Å². The summed E-state index contributed by atoms with van der Waals surface area (Å²) >= 11 is 12.2. The van der Waals surface area contributed by atoms with E-state index in [1.54, 1.807) is 0 Å². The number of halogens is 2. The molecular weight excluding hydrogens is 522 g/mol. The summed E-state index contributed by atoms with van der Waals surface area (Å²) in [5, 5.41) is 15.8. The van der Waals surface area contributed by atoms with Gasteiger partial charge < -0.3 is 0 Å². The van der Waals surface area contributed by atoms with Gasteiger partial charge >= 0.3 is 0 Å². The van der Waals surface area contributed by atoms with E-state index < -0.39 is 11.3 Å². The summed E-state index contributed by atoms with van der Waals surface area (Å²) in [6.45, 7) is 0. The Labute approximate surface area is 198 Å². The van der Waals surface area contributed by atoms with Crippen LogP contribution in [0.4, 0.5) is 5.13 Å². The van der Waals surface area contributed by atoms with Crippen LogP contribution in [0.1, 0.15) is 16.1 Å². The minimum Gasteiger partial charge on any atom is -0.295 e. The molecule has 0 saturated heterocycles. The summed E-state index contributed by atoms with van der Waals surface area (Å²) < 4.78 is 3.05. The number of rotatable bonds is 6. The lowest BCUT2D eigenvalue weighted by Crippen LogP contribution is -2.25. The lowest BCUT2D eigenvalue weighted by molar-refractivity contribution is 0.101. The summed E-state index contributed by atoms with van der Waals surface area (Å²) in [5.41, 5.74) is 0.984. The molecular formula is C20H13BrClN5O2S2. The van der Waals surface area contributed by atoms with Crippen molar-refractivity contribution < 1.29 is 4.79 Å². The first-order chi connectivity index (χ1) is 15.0. The van der Waals surface area contributed by atoms with Gasteiger partial charge in [-0.15, -0.1) is 10.2 Å². The molecule has 0 bridgehead atoms. The number of aromatic nitrogens is 4. The second kappa shape index (κ2) is 9.73. The van der Waals surface area contributed by atoms with Crippen molar-refractivity contribution >= 4 is 61.7 Å². The number of amides is 1. The average Bonchev–Trinajstić information content (AvgIpc) is 3.21. The van der Waals surface area contributed by atoms with Crippen LogP contribution in [0.25, 0.3) is 5.69 Å². The molecule has 0 aliphatic rings. The number of hydrogen-bond acceptors (Lipinski definition) is 7. The Kier molecular flexibility index (Phi) is 6.81. The van der Waals surface area contributed by atoms with E-state index in [1.807, 2.05) is 48.5 Å². The van der Waals surface area contributed by atoms with Crippen LogP contribution >= 0.6 is 50.6 Å². The van der Waals surface area contributed by atoms with Crippen molar-refractivity contribution in [3.63, 3.8) is 0 Å². The fourth-order valence-electron chi connectivity index (χ4n) is 2.53. The average molecular weight is 535 g/mol. The van der Waals surface area contributed by atoms with Gasteiger partial charge in [0.15, 0.2) is 10.0 Å². The second-order valence-corrected chi connectivity index (χ2v) is 9.68. The first kappa shape index (κ1) is 21.7. The molecule has 2 aromatic carbocycles. The highest BCUT2D eigenvalue weighted by Gasteiger charge is 2.16. The molecule has 0 unspecified atom stereocenters. The zero-order valence-corrected chi connectivity index (χ0v) is 19.6. The van der Waals surface area contributed by atoms with Crippen LogP contribution in [0.5, 0.6) is 0 Å². The van der Waals surface area contributed by atoms with Crippen LogP contribution in [0.3, 0.4) is 0 Å². The van der Waals surface area contributed by atoms with Gasteiger partial charge in [-0.25, -0.2) is 4.68 Å². The predicted molar refractivity (Wildman–Crippen MR) is 126 cm³/mol. The Morgan fingerprint density at radius 2 is 1.90 bits per heavy atom. The zero-order valence-electron chi connectivity index (χ0n) is 15.7. The number of carbonyl (C=O) groups excluding carboxylic acids is 1. The van der Waals surface area contributed by atoms with Crippen molar-refractivity contribution in [3.05, 3.63) is 91.8 Å². The van der Waals surface area contributed by atoms with Gasteiger partial charge in [0.2, 0.25) is 10.6 Å². The summed E-state index contributed by atoms with van der Waals surface area (Å²) in [5.74, 6) is -0.0179. The molecule has 0 fully saturated rings. The Bertz CT molecular complexity index is 1290. The molecule has 11 heteroatoms. The molecule has 2 heterocycles. The van der Waals surface area contributed by atoms with Crippen molar-refractivity contribution in [2.75, 3.05) is 5.32 Å². The van der Waals surface area contributed by atoms with Gasteiger partial charge in [-0.2, -0.15) is 5.10 Å². The van der Waals surface area contributed by atoms with Gasteiger partial charge in [-0.1, -0.05) is 68.8 Å². The number of anilines is 1. The SMILES string of the molecule is O=C(Nc1nnc(SCc2ccccc2Cl)s1)c1nn(-c2ccc(Br)cc2)ccc1=O. The summed E-state index contributed by atoms with van der Waals surface area (Å²) in [6.07, 6.45) is 1.51. The van der Waals surface area contributed by atoms with E-state index in [4.69, 9.17) is 11.6 Å². The molecule has 0 spiro atoms. The molecule has 7 nitrogen and oxygen atoms in total. The molecule has 31 heavy (non-hydrogen) atoms. The maximum atomic E-state index is 12.6. The van der Waals surface area contributed by atoms with Crippen molar-refractivity contribution in [3.8, 4) is 5.69 Å². The number of thioether (sulfide) groups is 1. The highest BCUT2D eigenvalue weighted by atomic mass is 79.9. The monoisotopic (exact) mass is 533 g/mol. The van der Waals surface area contributed by atoms with Crippen molar-refractivity contribution in [2.45, 2.75) is 10.1 Å². The first-order valence-electron chi connectivity index (χ1n) is 8.86. The Hall–Kier alpha value is -2.53. The smallest absolute Gasteiger partial charge is 0.282 e. The molecule has 0 atom stereocenters.